The molecule has 2 heterocycles. The van der Waals surface area contributed by atoms with Gasteiger partial charge in [0.15, 0.2) is 4.80 Å². The monoisotopic (exact) mass is 422 g/mol. The van der Waals surface area contributed by atoms with Crippen LogP contribution in [0.5, 0.6) is 0 Å². The molecule has 0 bridgehead atoms. The number of fused-ring (bicyclic) bond motifs is 1. The molecule has 0 spiro atoms. The Labute approximate surface area is 176 Å². The zero-order valence-corrected chi connectivity index (χ0v) is 17.3. The Morgan fingerprint density at radius 2 is 1.90 bits per heavy atom. The summed E-state index contributed by atoms with van der Waals surface area (Å²) >= 11 is 1.24. The molecule has 1 aliphatic heterocycles. The van der Waals surface area contributed by atoms with E-state index in [1.54, 1.807) is 32.1 Å². The van der Waals surface area contributed by atoms with E-state index >= 15 is 0 Å². The highest BCUT2D eigenvalue weighted by Gasteiger charge is 2.33. The summed E-state index contributed by atoms with van der Waals surface area (Å²) in [7, 11) is 0. The molecule has 0 radical (unpaired) electrons. The summed E-state index contributed by atoms with van der Waals surface area (Å²) in [5.41, 5.74) is 2.12. The predicted octanol–water partition coefficient (Wildman–Crippen LogP) is 2.94. The zero-order chi connectivity index (χ0) is 21.3. The van der Waals surface area contributed by atoms with Gasteiger partial charge in [-0.1, -0.05) is 53.8 Å². The molecule has 0 N–H and O–H groups in total. The number of nitrogens with zero attached hydrogens (tertiary/aromatic N) is 2. The van der Waals surface area contributed by atoms with E-state index in [1.165, 1.54) is 28.0 Å². The van der Waals surface area contributed by atoms with Gasteiger partial charge in [-0.2, -0.15) is 0 Å². The number of carbonyl (C=O) groups is 1. The van der Waals surface area contributed by atoms with Crippen molar-refractivity contribution in [2.45, 2.75) is 19.9 Å². The quantitative estimate of drug-likeness (QED) is 0.608. The molecule has 7 heteroatoms. The Morgan fingerprint density at radius 3 is 2.57 bits per heavy atom. The van der Waals surface area contributed by atoms with Crippen LogP contribution in [0, 0.1) is 5.82 Å². The summed E-state index contributed by atoms with van der Waals surface area (Å²) in [6.07, 6.45) is 1.70. The summed E-state index contributed by atoms with van der Waals surface area (Å²) in [6, 6.07) is 14.6. The number of carbonyl (C=O) groups excluding carboxylic acids is 1. The first-order chi connectivity index (χ1) is 14.5. The maximum absolute atomic E-state index is 13.3. The highest BCUT2D eigenvalue weighted by Crippen LogP contribution is 2.30. The van der Waals surface area contributed by atoms with Gasteiger partial charge in [0.05, 0.1) is 28.5 Å². The maximum Gasteiger partial charge on any atom is 0.338 e. The Morgan fingerprint density at radius 1 is 1.20 bits per heavy atom. The molecule has 30 heavy (non-hydrogen) atoms. The fourth-order valence-corrected chi connectivity index (χ4v) is 4.50. The van der Waals surface area contributed by atoms with Gasteiger partial charge < -0.3 is 4.74 Å². The lowest BCUT2D eigenvalue weighted by molar-refractivity contribution is -0.139. The van der Waals surface area contributed by atoms with Gasteiger partial charge >= 0.3 is 5.97 Å². The van der Waals surface area contributed by atoms with Crippen LogP contribution in [0.4, 0.5) is 4.39 Å². The van der Waals surface area contributed by atoms with Crippen molar-refractivity contribution in [2.24, 2.45) is 4.99 Å². The number of hydrogen-bond acceptors (Lipinski definition) is 5. The molecule has 1 aliphatic rings. The van der Waals surface area contributed by atoms with Gasteiger partial charge in [0, 0.05) is 0 Å². The minimum atomic E-state index is -0.628. The van der Waals surface area contributed by atoms with Crippen LogP contribution >= 0.6 is 11.3 Å². The number of hydrogen-bond donors (Lipinski definition) is 0. The first-order valence-electron chi connectivity index (χ1n) is 9.49. The fraction of sp³-hybridized carbons (Fsp3) is 0.174. The smallest absolute Gasteiger partial charge is 0.338 e. The lowest BCUT2D eigenvalue weighted by atomic mass is 9.96. The lowest BCUT2D eigenvalue weighted by Gasteiger charge is -2.24. The largest absolute Gasteiger partial charge is 0.463 e. The average molecular weight is 422 g/mol. The zero-order valence-electron chi connectivity index (χ0n) is 16.5. The average Bonchev–Trinajstić information content (AvgIpc) is 3.04. The molecule has 2 aromatic carbocycles. The molecular weight excluding hydrogens is 403 g/mol. The van der Waals surface area contributed by atoms with Crippen LogP contribution in [0.2, 0.25) is 0 Å². The number of benzene rings is 2. The van der Waals surface area contributed by atoms with Crippen LogP contribution in [0.25, 0.3) is 6.08 Å². The van der Waals surface area contributed by atoms with Crippen molar-refractivity contribution in [3.63, 3.8) is 0 Å². The molecule has 0 fully saturated rings. The van der Waals surface area contributed by atoms with Crippen molar-refractivity contribution in [1.29, 1.82) is 0 Å². The van der Waals surface area contributed by atoms with Crippen molar-refractivity contribution < 1.29 is 13.9 Å². The van der Waals surface area contributed by atoms with Crippen LogP contribution in [0.3, 0.4) is 0 Å². The van der Waals surface area contributed by atoms with Gasteiger partial charge in [0.1, 0.15) is 5.82 Å². The van der Waals surface area contributed by atoms with Gasteiger partial charge in [0.2, 0.25) is 0 Å². The van der Waals surface area contributed by atoms with E-state index < -0.39 is 12.0 Å². The molecule has 152 valence electrons. The second kappa shape index (κ2) is 8.20. The molecule has 1 atom stereocenters. The van der Waals surface area contributed by atoms with Crippen LogP contribution in [0.1, 0.15) is 31.0 Å². The van der Waals surface area contributed by atoms with E-state index in [1.807, 2.05) is 30.3 Å². The molecule has 0 amide bonds. The number of halogens is 1. The van der Waals surface area contributed by atoms with Crippen LogP contribution < -0.4 is 14.9 Å². The molecule has 0 aliphatic carbocycles. The number of ether oxygens (including phenoxy) is 1. The molecule has 3 aromatic rings. The predicted molar refractivity (Wildman–Crippen MR) is 113 cm³/mol. The lowest BCUT2D eigenvalue weighted by Crippen LogP contribution is -2.39. The second-order valence-corrected chi connectivity index (χ2v) is 7.77. The Bertz CT molecular complexity index is 1310. The second-order valence-electron chi connectivity index (χ2n) is 6.76. The Hall–Kier alpha value is -3.32. The van der Waals surface area contributed by atoms with E-state index in [2.05, 4.69) is 4.99 Å². The van der Waals surface area contributed by atoms with Crippen molar-refractivity contribution in [1.82, 2.24) is 4.57 Å². The van der Waals surface area contributed by atoms with Gasteiger partial charge in [-0.15, -0.1) is 0 Å². The minimum absolute atomic E-state index is 0.228. The first-order valence-corrected chi connectivity index (χ1v) is 10.3. The van der Waals surface area contributed by atoms with Crippen LogP contribution in [0.15, 0.2) is 75.7 Å². The molecule has 0 unspecified atom stereocenters. The number of esters is 1. The van der Waals surface area contributed by atoms with Crippen LogP contribution in [-0.4, -0.2) is 17.1 Å². The van der Waals surface area contributed by atoms with Gasteiger partial charge in [-0.25, -0.2) is 14.2 Å². The van der Waals surface area contributed by atoms with E-state index in [0.717, 1.165) is 5.56 Å². The third kappa shape index (κ3) is 3.64. The normalized spacial score (nSPS) is 16.2. The SMILES string of the molecule is CCOC(=O)C1=C(C)N=c2s/c(=C\c3ccc(F)cc3)c(=O)n2[C@@H]1c1ccccc1. The third-order valence-electron chi connectivity index (χ3n) is 4.80. The number of allylic oxidation sites excluding steroid dienone is 1. The molecule has 1 aromatic heterocycles. The summed E-state index contributed by atoms with van der Waals surface area (Å²) < 4.78 is 20.5. The van der Waals surface area contributed by atoms with Crippen LogP contribution in [-0.2, 0) is 9.53 Å². The Balaban J connectivity index is 1.94. The highest BCUT2D eigenvalue weighted by atomic mass is 32.1. The highest BCUT2D eigenvalue weighted by molar-refractivity contribution is 7.07. The summed E-state index contributed by atoms with van der Waals surface area (Å²) in [6.45, 7) is 3.72. The fourth-order valence-electron chi connectivity index (χ4n) is 3.45. The topological polar surface area (TPSA) is 60.7 Å². The molecule has 4 rings (SSSR count). The number of thiazole rings is 1. The number of aromatic nitrogens is 1. The van der Waals surface area contributed by atoms with Crippen molar-refractivity contribution >= 4 is 23.4 Å². The summed E-state index contributed by atoms with van der Waals surface area (Å²) in [4.78, 5) is 31.1. The van der Waals surface area contributed by atoms with Crippen molar-refractivity contribution in [3.05, 3.63) is 102 Å². The third-order valence-corrected chi connectivity index (χ3v) is 5.78. The van der Waals surface area contributed by atoms with E-state index in [0.29, 0.717) is 26.2 Å². The maximum atomic E-state index is 13.3. The van der Waals surface area contributed by atoms with Crippen molar-refractivity contribution in [2.75, 3.05) is 6.61 Å². The van der Waals surface area contributed by atoms with E-state index in [4.69, 9.17) is 4.74 Å². The molecule has 0 saturated heterocycles. The summed E-state index contributed by atoms with van der Waals surface area (Å²) in [5.74, 6) is -0.826. The van der Waals surface area contributed by atoms with Gasteiger partial charge in [-0.3, -0.25) is 9.36 Å². The van der Waals surface area contributed by atoms with Crippen molar-refractivity contribution in [3.8, 4) is 0 Å². The van der Waals surface area contributed by atoms with Gasteiger partial charge in [-0.05, 0) is 43.2 Å². The molecule has 5 nitrogen and oxygen atoms in total. The summed E-state index contributed by atoms with van der Waals surface area (Å²) in [5, 5.41) is 0. The van der Waals surface area contributed by atoms with Gasteiger partial charge in [0.25, 0.3) is 5.56 Å². The standard InChI is InChI=1S/C23H19FN2O3S/c1-3-29-22(28)19-14(2)25-23-26(20(19)16-7-5-4-6-8-16)21(27)18(30-23)13-15-9-11-17(24)12-10-15/h4-13,20H,3H2,1-2H3/b18-13-/t20-/m1/s1. The molecular formula is C23H19FN2O3S. The van der Waals surface area contributed by atoms with E-state index in [-0.39, 0.29) is 18.0 Å². The van der Waals surface area contributed by atoms with E-state index in [9.17, 15) is 14.0 Å². The Kier molecular flexibility index (Phi) is 5.46. The molecule has 0 saturated carbocycles. The minimum Gasteiger partial charge on any atom is -0.463 e. The first kappa shape index (κ1) is 20.0. The number of rotatable bonds is 4.